The summed E-state index contributed by atoms with van der Waals surface area (Å²) in [6, 6.07) is 11.4. The van der Waals surface area contributed by atoms with Crippen LogP contribution in [0, 0.1) is 0 Å². The first-order chi connectivity index (χ1) is 14.8. The van der Waals surface area contributed by atoms with Crippen molar-refractivity contribution in [3.8, 4) is 5.75 Å². The van der Waals surface area contributed by atoms with Crippen LogP contribution in [0.25, 0.3) is 0 Å². The van der Waals surface area contributed by atoms with Gasteiger partial charge in [-0.2, -0.15) is 0 Å². The molecule has 1 N–H and O–H groups in total. The molecule has 0 unspecified atom stereocenters. The number of rotatable bonds is 10. The minimum absolute atomic E-state index is 0.00264. The molecule has 0 radical (unpaired) electrons. The van der Waals surface area contributed by atoms with Gasteiger partial charge in [0.15, 0.2) is 6.61 Å². The van der Waals surface area contributed by atoms with Crippen molar-refractivity contribution in [2.24, 2.45) is 0 Å². The number of hydrogen-bond donors (Lipinski definition) is 1. The van der Waals surface area contributed by atoms with E-state index in [0.717, 1.165) is 12.0 Å². The largest absolute Gasteiger partial charge is 0.482 e. The minimum atomic E-state index is -0.661. The predicted octanol–water partition coefficient (Wildman–Crippen LogP) is 5.75. The molecule has 2 aromatic rings. The van der Waals surface area contributed by atoms with Crippen molar-refractivity contribution in [1.82, 2.24) is 10.2 Å². The van der Waals surface area contributed by atoms with Gasteiger partial charge in [-0.25, -0.2) is 0 Å². The van der Waals surface area contributed by atoms with Gasteiger partial charge in [0.05, 0.1) is 15.1 Å². The van der Waals surface area contributed by atoms with Gasteiger partial charge in [-0.3, -0.25) is 9.59 Å². The SMILES string of the molecule is CC[C@@H](C)NC(=O)[C@@H](CC)N(Cc1ccc(Cl)c(Cl)c1)C(=O)COc1ccccc1Cl. The van der Waals surface area contributed by atoms with E-state index in [9.17, 15) is 9.59 Å². The van der Waals surface area contributed by atoms with Crippen molar-refractivity contribution in [3.05, 3.63) is 63.1 Å². The van der Waals surface area contributed by atoms with Gasteiger partial charge < -0.3 is 15.0 Å². The van der Waals surface area contributed by atoms with E-state index in [2.05, 4.69) is 5.32 Å². The van der Waals surface area contributed by atoms with E-state index in [1.54, 1.807) is 42.5 Å². The standard InChI is InChI=1S/C23H27Cl3N2O3/c1-4-15(3)27-23(30)20(5-2)28(13-16-10-11-17(24)19(26)12-16)22(29)14-31-21-9-7-6-8-18(21)25/h6-12,15,20H,4-5,13-14H2,1-3H3,(H,27,30)/t15-,20-/m1/s1. The first kappa shape index (κ1) is 25.3. The molecule has 0 bridgehead atoms. The van der Waals surface area contributed by atoms with Crippen molar-refractivity contribution in [2.75, 3.05) is 6.61 Å². The number of amides is 2. The van der Waals surface area contributed by atoms with E-state index in [0.29, 0.717) is 27.2 Å². The van der Waals surface area contributed by atoms with Crippen LogP contribution in [-0.2, 0) is 16.1 Å². The first-order valence-electron chi connectivity index (χ1n) is 10.2. The number of nitrogens with zero attached hydrogens (tertiary/aromatic N) is 1. The van der Waals surface area contributed by atoms with E-state index < -0.39 is 6.04 Å². The van der Waals surface area contributed by atoms with Crippen molar-refractivity contribution < 1.29 is 14.3 Å². The molecule has 0 saturated heterocycles. The third-order valence-electron chi connectivity index (χ3n) is 4.91. The number of para-hydroxylation sites is 1. The molecule has 0 spiro atoms. The smallest absolute Gasteiger partial charge is 0.261 e. The fraction of sp³-hybridized carbons (Fsp3) is 0.391. The number of halogens is 3. The van der Waals surface area contributed by atoms with E-state index in [1.165, 1.54) is 4.90 Å². The van der Waals surface area contributed by atoms with E-state index in [-0.39, 0.29) is 31.0 Å². The molecular weight excluding hydrogens is 459 g/mol. The molecule has 2 rings (SSSR count). The normalized spacial score (nSPS) is 12.7. The second kappa shape index (κ2) is 12.2. The summed E-state index contributed by atoms with van der Waals surface area (Å²) in [5.74, 6) is -0.135. The van der Waals surface area contributed by atoms with E-state index >= 15 is 0 Å². The van der Waals surface area contributed by atoms with Crippen molar-refractivity contribution in [1.29, 1.82) is 0 Å². The highest BCUT2D eigenvalue weighted by atomic mass is 35.5. The summed E-state index contributed by atoms with van der Waals surface area (Å²) in [5, 5.41) is 4.18. The summed E-state index contributed by atoms with van der Waals surface area (Å²) in [4.78, 5) is 27.6. The average Bonchev–Trinajstić information content (AvgIpc) is 2.75. The molecule has 0 heterocycles. The highest BCUT2D eigenvalue weighted by Gasteiger charge is 2.29. The van der Waals surface area contributed by atoms with Crippen LogP contribution in [0.5, 0.6) is 5.75 Å². The van der Waals surface area contributed by atoms with Gasteiger partial charge in [-0.1, -0.05) is 66.8 Å². The monoisotopic (exact) mass is 484 g/mol. The summed E-state index contributed by atoms with van der Waals surface area (Å²) in [6.07, 6.45) is 1.24. The van der Waals surface area contributed by atoms with Gasteiger partial charge in [-0.05, 0) is 49.6 Å². The summed E-state index contributed by atoms with van der Waals surface area (Å²) in [7, 11) is 0. The Morgan fingerprint density at radius 1 is 1.00 bits per heavy atom. The Balaban J connectivity index is 2.26. The Labute approximate surface area is 198 Å². The molecule has 0 fully saturated rings. The number of nitrogens with one attached hydrogen (secondary N) is 1. The lowest BCUT2D eigenvalue weighted by Crippen LogP contribution is -2.51. The van der Waals surface area contributed by atoms with Gasteiger partial charge in [0.1, 0.15) is 11.8 Å². The quantitative estimate of drug-likeness (QED) is 0.466. The van der Waals surface area contributed by atoms with Crippen LogP contribution in [0.4, 0.5) is 0 Å². The maximum Gasteiger partial charge on any atom is 0.261 e. The van der Waals surface area contributed by atoms with Crippen LogP contribution in [0.1, 0.15) is 39.2 Å². The van der Waals surface area contributed by atoms with Crippen LogP contribution in [0.2, 0.25) is 15.1 Å². The summed E-state index contributed by atoms with van der Waals surface area (Å²) in [6.45, 7) is 5.72. The molecule has 0 aliphatic rings. The molecule has 0 aromatic heterocycles. The molecule has 8 heteroatoms. The number of ether oxygens (including phenoxy) is 1. The van der Waals surface area contributed by atoms with E-state index in [1.807, 2.05) is 20.8 Å². The van der Waals surface area contributed by atoms with Crippen LogP contribution in [0.3, 0.4) is 0 Å². The molecule has 0 saturated carbocycles. The lowest BCUT2D eigenvalue weighted by atomic mass is 10.1. The Hall–Kier alpha value is -1.95. The van der Waals surface area contributed by atoms with Crippen LogP contribution in [-0.4, -0.2) is 35.4 Å². The van der Waals surface area contributed by atoms with Gasteiger partial charge in [-0.15, -0.1) is 0 Å². The van der Waals surface area contributed by atoms with Crippen LogP contribution >= 0.6 is 34.8 Å². The van der Waals surface area contributed by atoms with Crippen LogP contribution < -0.4 is 10.1 Å². The third-order valence-corrected chi connectivity index (χ3v) is 5.96. The number of carbonyl (C=O) groups excluding carboxylic acids is 2. The zero-order valence-corrected chi connectivity index (χ0v) is 20.1. The first-order valence-corrected chi connectivity index (χ1v) is 11.3. The van der Waals surface area contributed by atoms with Gasteiger partial charge >= 0.3 is 0 Å². The molecule has 2 amide bonds. The Morgan fingerprint density at radius 3 is 2.32 bits per heavy atom. The average molecular weight is 486 g/mol. The van der Waals surface area contributed by atoms with Crippen LogP contribution in [0.15, 0.2) is 42.5 Å². The number of carbonyl (C=O) groups is 2. The summed E-state index contributed by atoms with van der Waals surface area (Å²) in [5.41, 5.74) is 0.760. The Kier molecular flexibility index (Phi) is 9.94. The fourth-order valence-corrected chi connectivity index (χ4v) is 3.49. The topological polar surface area (TPSA) is 58.6 Å². The molecule has 0 aliphatic heterocycles. The van der Waals surface area contributed by atoms with Gasteiger partial charge in [0.2, 0.25) is 5.91 Å². The summed E-state index contributed by atoms with van der Waals surface area (Å²) >= 11 is 18.3. The lowest BCUT2D eigenvalue weighted by Gasteiger charge is -2.31. The molecule has 168 valence electrons. The van der Waals surface area contributed by atoms with Crippen molar-refractivity contribution >= 4 is 46.6 Å². The maximum atomic E-state index is 13.2. The zero-order valence-electron chi connectivity index (χ0n) is 17.8. The second-order valence-electron chi connectivity index (χ2n) is 7.23. The van der Waals surface area contributed by atoms with Gasteiger partial charge in [0, 0.05) is 12.6 Å². The van der Waals surface area contributed by atoms with Crippen molar-refractivity contribution in [3.63, 3.8) is 0 Å². The highest BCUT2D eigenvalue weighted by Crippen LogP contribution is 2.25. The molecule has 31 heavy (non-hydrogen) atoms. The van der Waals surface area contributed by atoms with E-state index in [4.69, 9.17) is 39.5 Å². The Morgan fingerprint density at radius 2 is 1.71 bits per heavy atom. The predicted molar refractivity (Wildman–Crippen MR) is 126 cm³/mol. The molecule has 2 aromatic carbocycles. The minimum Gasteiger partial charge on any atom is -0.482 e. The molecule has 5 nitrogen and oxygen atoms in total. The maximum absolute atomic E-state index is 13.2. The molecule has 2 atom stereocenters. The second-order valence-corrected chi connectivity index (χ2v) is 8.45. The van der Waals surface area contributed by atoms with Crippen molar-refractivity contribution in [2.45, 2.75) is 52.2 Å². The fourth-order valence-electron chi connectivity index (χ4n) is 2.98. The number of hydrogen-bond acceptors (Lipinski definition) is 3. The third kappa shape index (κ3) is 7.30. The summed E-state index contributed by atoms with van der Waals surface area (Å²) < 4.78 is 5.63. The highest BCUT2D eigenvalue weighted by molar-refractivity contribution is 6.42. The van der Waals surface area contributed by atoms with Gasteiger partial charge in [0.25, 0.3) is 5.91 Å². The molecular formula is C23H27Cl3N2O3. The lowest BCUT2D eigenvalue weighted by molar-refractivity contribution is -0.143. The Bertz CT molecular complexity index is 907. The number of benzene rings is 2. The molecule has 0 aliphatic carbocycles. The zero-order chi connectivity index (χ0) is 23.0.